The van der Waals surface area contributed by atoms with Crippen molar-refractivity contribution in [3.63, 3.8) is 0 Å². The number of carbonyl (C=O) groups is 1. The Morgan fingerprint density at radius 3 is 2.84 bits per heavy atom. The highest BCUT2D eigenvalue weighted by Gasteiger charge is 2.46. The van der Waals surface area contributed by atoms with Crippen molar-refractivity contribution in [3.05, 3.63) is 51.8 Å². The minimum Gasteiger partial charge on any atom is -0.324 e. The Morgan fingerprint density at radius 1 is 1.36 bits per heavy atom. The second kappa shape index (κ2) is 5.73. The lowest BCUT2D eigenvalue weighted by molar-refractivity contribution is 0.0951. The third-order valence-corrected chi connectivity index (χ3v) is 6.29. The summed E-state index contributed by atoms with van der Waals surface area (Å²) in [6.45, 7) is 6.36. The van der Waals surface area contributed by atoms with Gasteiger partial charge in [-0.05, 0) is 68.4 Å². The molecule has 2 aliphatic carbocycles. The number of benzene rings is 1. The molecule has 2 aliphatic rings. The Bertz CT molecular complexity index is 898. The molecule has 4 rings (SSSR count). The molecule has 2 N–H and O–H groups in total. The van der Waals surface area contributed by atoms with Crippen LogP contribution in [0.2, 0.25) is 5.02 Å². The number of fused-ring (bicyclic) bond motifs is 2. The lowest BCUT2D eigenvalue weighted by atomic mass is 9.85. The minimum absolute atomic E-state index is 0.122. The number of H-pyrrole nitrogens is 1. The molecule has 1 saturated carbocycles. The van der Waals surface area contributed by atoms with Crippen LogP contribution in [0.4, 0.5) is 0 Å². The van der Waals surface area contributed by atoms with Gasteiger partial charge in [0.2, 0.25) is 0 Å². The quantitative estimate of drug-likeness (QED) is 0.825. The maximum absolute atomic E-state index is 12.7. The second-order valence-corrected chi connectivity index (χ2v) is 8.05. The summed E-state index contributed by atoms with van der Waals surface area (Å²) in [5.41, 5.74) is 5.76. The van der Waals surface area contributed by atoms with Gasteiger partial charge < -0.3 is 5.32 Å². The fourth-order valence-corrected chi connectivity index (χ4v) is 4.46. The molecular formula is C20H22ClN3O. The first-order valence-corrected chi connectivity index (χ1v) is 9.10. The van der Waals surface area contributed by atoms with Gasteiger partial charge in [-0.2, -0.15) is 5.10 Å². The van der Waals surface area contributed by atoms with Crippen molar-refractivity contribution >= 4 is 17.5 Å². The van der Waals surface area contributed by atoms with E-state index in [-0.39, 0.29) is 11.3 Å². The number of hydrogen-bond donors (Lipinski definition) is 2. The van der Waals surface area contributed by atoms with E-state index in [1.54, 1.807) is 6.07 Å². The molecule has 2 unspecified atom stereocenters. The largest absolute Gasteiger partial charge is 0.324 e. The van der Waals surface area contributed by atoms with Crippen LogP contribution in [0.5, 0.6) is 0 Å². The van der Waals surface area contributed by atoms with E-state index < -0.39 is 0 Å². The summed E-state index contributed by atoms with van der Waals surface area (Å²) in [6, 6.07) is 7.57. The highest BCUT2D eigenvalue weighted by atomic mass is 35.5. The van der Waals surface area contributed by atoms with E-state index in [4.69, 9.17) is 11.6 Å². The Morgan fingerprint density at radius 2 is 2.16 bits per heavy atom. The summed E-state index contributed by atoms with van der Waals surface area (Å²) in [7, 11) is 0. The number of amides is 1. The Labute approximate surface area is 152 Å². The summed E-state index contributed by atoms with van der Waals surface area (Å²) >= 11 is 6.08. The number of aromatic nitrogens is 2. The van der Waals surface area contributed by atoms with Gasteiger partial charge in [-0.25, -0.2) is 0 Å². The molecule has 1 amide bonds. The van der Waals surface area contributed by atoms with Crippen LogP contribution in [0, 0.1) is 18.3 Å². The highest BCUT2D eigenvalue weighted by Crippen LogP contribution is 2.55. The predicted molar refractivity (Wildman–Crippen MR) is 99.4 cm³/mol. The number of nitrogens with one attached hydrogen (secondary N) is 2. The maximum atomic E-state index is 12.7. The molecule has 2 bridgehead atoms. The molecule has 1 heterocycles. The molecule has 130 valence electrons. The summed E-state index contributed by atoms with van der Waals surface area (Å²) in [6.07, 6.45) is 3.55. The first-order chi connectivity index (χ1) is 11.9. The molecular weight excluding hydrogens is 334 g/mol. The van der Waals surface area contributed by atoms with E-state index in [9.17, 15) is 4.79 Å². The van der Waals surface area contributed by atoms with Crippen molar-refractivity contribution in [2.24, 2.45) is 11.3 Å². The lowest BCUT2D eigenvalue weighted by Gasteiger charge is -2.27. The van der Waals surface area contributed by atoms with Crippen LogP contribution in [0.15, 0.2) is 35.5 Å². The van der Waals surface area contributed by atoms with Crippen LogP contribution < -0.4 is 5.32 Å². The highest BCUT2D eigenvalue weighted by molar-refractivity contribution is 6.31. The van der Waals surface area contributed by atoms with Crippen molar-refractivity contribution < 1.29 is 4.79 Å². The molecule has 1 fully saturated rings. The van der Waals surface area contributed by atoms with Crippen molar-refractivity contribution in [2.45, 2.75) is 40.0 Å². The molecule has 25 heavy (non-hydrogen) atoms. The smallest absolute Gasteiger partial charge is 0.275 e. The third-order valence-electron chi connectivity index (χ3n) is 5.87. The monoisotopic (exact) mass is 355 g/mol. The molecule has 5 heteroatoms. The van der Waals surface area contributed by atoms with E-state index in [0.29, 0.717) is 11.6 Å². The third kappa shape index (κ3) is 2.69. The second-order valence-electron chi connectivity index (χ2n) is 7.64. The number of carbonyl (C=O) groups excluding carboxylic acids is 1. The molecule has 1 aromatic carbocycles. The van der Waals surface area contributed by atoms with Gasteiger partial charge >= 0.3 is 0 Å². The fourth-order valence-electron chi connectivity index (χ4n) is 4.34. The van der Waals surface area contributed by atoms with Gasteiger partial charge in [-0.15, -0.1) is 0 Å². The van der Waals surface area contributed by atoms with Gasteiger partial charge in [0.1, 0.15) is 0 Å². The van der Waals surface area contributed by atoms with Gasteiger partial charge in [0.15, 0.2) is 5.69 Å². The predicted octanol–water partition coefficient (Wildman–Crippen LogP) is 4.86. The molecule has 2 atom stereocenters. The maximum Gasteiger partial charge on any atom is 0.275 e. The summed E-state index contributed by atoms with van der Waals surface area (Å²) in [5.74, 6) is 0.489. The fraction of sp³-hybridized carbons (Fsp3) is 0.400. The number of nitrogens with zero attached hydrogens (tertiary/aromatic N) is 1. The molecule has 2 aromatic rings. The molecule has 0 spiro atoms. The lowest BCUT2D eigenvalue weighted by Crippen LogP contribution is -2.31. The zero-order valence-electron chi connectivity index (χ0n) is 14.7. The topological polar surface area (TPSA) is 57.8 Å². The molecule has 0 saturated heterocycles. The van der Waals surface area contributed by atoms with Gasteiger partial charge in [-0.1, -0.05) is 30.2 Å². The first kappa shape index (κ1) is 16.4. The van der Waals surface area contributed by atoms with Crippen LogP contribution in [-0.2, 0) is 0 Å². The van der Waals surface area contributed by atoms with Gasteiger partial charge in [0.25, 0.3) is 5.91 Å². The van der Waals surface area contributed by atoms with Gasteiger partial charge in [0.05, 0.1) is 5.69 Å². The summed E-state index contributed by atoms with van der Waals surface area (Å²) < 4.78 is 0. The van der Waals surface area contributed by atoms with Crippen molar-refractivity contribution in [1.82, 2.24) is 15.5 Å². The Kier molecular flexibility index (Phi) is 3.76. The van der Waals surface area contributed by atoms with E-state index >= 15 is 0 Å². The van der Waals surface area contributed by atoms with E-state index in [1.807, 2.05) is 25.1 Å². The number of rotatable bonds is 3. The average Bonchev–Trinajstić information content (AvgIpc) is 3.26. The molecule has 0 aliphatic heterocycles. The Hall–Kier alpha value is -2.07. The SMILES string of the molecule is CC1=C(NC(=O)c2cc(-c3ccc(Cl)c(C)c3)[nH]n2)C2(C)CCC1C2. The van der Waals surface area contributed by atoms with Crippen molar-refractivity contribution in [2.75, 3.05) is 0 Å². The number of aromatic amines is 1. The van der Waals surface area contributed by atoms with Crippen LogP contribution in [0.1, 0.15) is 49.2 Å². The zero-order chi connectivity index (χ0) is 17.8. The minimum atomic E-state index is -0.142. The van der Waals surface area contributed by atoms with Crippen LogP contribution in [-0.4, -0.2) is 16.1 Å². The summed E-state index contributed by atoms with van der Waals surface area (Å²) in [4.78, 5) is 12.7. The molecule has 0 radical (unpaired) electrons. The van der Waals surface area contributed by atoms with E-state index in [2.05, 4.69) is 29.4 Å². The van der Waals surface area contributed by atoms with Gasteiger partial charge in [0, 0.05) is 16.1 Å². The number of allylic oxidation sites excluding steroid dienone is 2. The van der Waals surface area contributed by atoms with Crippen LogP contribution in [0.3, 0.4) is 0 Å². The molecule has 4 nitrogen and oxygen atoms in total. The van der Waals surface area contributed by atoms with Crippen LogP contribution >= 0.6 is 11.6 Å². The van der Waals surface area contributed by atoms with Gasteiger partial charge in [-0.3, -0.25) is 9.89 Å². The standard InChI is InChI=1S/C20H22ClN3O/c1-11-8-13(4-5-15(11)21)16-9-17(24-23-16)19(25)22-18-12(2)14-6-7-20(18,3)10-14/h4-5,8-9,14H,6-7,10H2,1-3H3,(H,22,25)(H,23,24). The van der Waals surface area contributed by atoms with E-state index in [1.165, 1.54) is 12.0 Å². The number of aryl methyl sites for hydroxylation is 1. The average molecular weight is 356 g/mol. The normalized spacial score (nSPS) is 24.9. The zero-order valence-corrected chi connectivity index (χ0v) is 15.5. The number of hydrogen-bond acceptors (Lipinski definition) is 2. The van der Waals surface area contributed by atoms with E-state index in [0.717, 1.165) is 40.4 Å². The van der Waals surface area contributed by atoms with Crippen molar-refractivity contribution in [3.8, 4) is 11.3 Å². The summed E-state index contributed by atoms with van der Waals surface area (Å²) in [5, 5.41) is 11.0. The number of halogens is 1. The Balaban J connectivity index is 1.56. The van der Waals surface area contributed by atoms with Crippen molar-refractivity contribution in [1.29, 1.82) is 0 Å². The first-order valence-electron chi connectivity index (χ1n) is 8.72. The molecule has 1 aromatic heterocycles. The van der Waals surface area contributed by atoms with Crippen LogP contribution in [0.25, 0.3) is 11.3 Å².